The lowest BCUT2D eigenvalue weighted by Crippen LogP contribution is -2.49. The van der Waals surface area contributed by atoms with Crippen LogP contribution >= 0.6 is 24.8 Å². The summed E-state index contributed by atoms with van der Waals surface area (Å²) >= 11 is 0. The van der Waals surface area contributed by atoms with Crippen molar-refractivity contribution >= 4 is 34.8 Å². The monoisotopic (exact) mass is 451 g/mol. The molecule has 4 atom stereocenters. The molecule has 3 saturated heterocycles. The highest BCUT2D eigenvalue weighted by Gasteiger charge is 2.47. The Morgan fingerprint density at radius 1 is 1.11 bits per heavy atom. The molecule has 4 heterocycles. The number of aromatic nitrogens is 1. The lowest BCUT2D eigenvalue weighted by molar-refractivity contribution is 0.0956. The van der Waals surface area contributed by atoms with E-state index in [1.54, 1.807) is 12.4 Å². The molecular weight excluding hydrogens is 421 g/mol. The van der Waals surface area contributed by atoms with Crippen LogP contribution in [0, 0.1) is 0 Å². The zero-order valence-corrected chi connectivity index (χ0v) is 18.5. The van der Waals surface area contributed by atoms with Crippen molar-refractivity contribution in [3.05, 3.63) is 24.5 Å². The zero-order valence-electron chi connectivity index (χ0n) is 16.0. The molecule has 0 spiro atoms. The van der Waals surface area contributed by atoms with Gasteiger partial charge in [-0.2, -0.15) is 4.31 Å². The minimum Gasteiger partial charge on any atom is -0.490 e. The molecule has 3 aliphatic rings. The molecule has 3 fully saturated rings. The van der Waals surface area contributed by atoms with Crippen LogP contribution in [0.4, 0.5) is 0 Å². The number of nitrogens with one attached hydrogen (secondary N) is 1. The Morgan fingerprint density at radius 3 is 2.39 bits per heavy atom. The van der Waals surface area contributed by atoms with Gasteiger partial charge in [-0.05, 0) is 57.2 Å². The number of pyridine rings is 1. The van der Waals surface area contributed by atoms with Crippen molar-refractivity contribution in [3.8, 4) is 5.75 Å². The van der Waals surface area contributed by atoms with Gasteiger partial charge in [0, 0.05) is 43.4 Å². The molecule has 3 aliphatic heterocycles. The number of nitrogens with zero attached hydrogens (tertiary/aromatic N) is 2. The third kappa shape index (κ3) is 5.51. The fourth-order valence-corrected chi connectivity index (χ4v) is 6.90. The van der Waals surface area contributed by atoms with Crippen LogP contribution < -0.4 is 10.1 Å². The highest BCUT2D eigenvalue weighted by molar-refractivity contribution is 7.89. The van der Waals surface area contributed by atoms with Crippen molar-refractivity contribution in [3.63, 3.8) is 0 Å². The van der Waals surface area contributed by atoms with Gasteiger partial charge >= 0.3 is 0 Å². The molecule has 0 radical (unpaired) electrons. The molecule has 4 rings (SSSR count). The third-order valence-electron chi connectivity index (χ3n) is 6.01. The Balaban J connectivity index is 0.00000140. The second-order valence-electron chi connectivity index (χ2n) is 7.86. The predicted molar refractivity (Wildman–Crippen MR) is 115 cm³/mol. The summed E-state index contributed by atoms with van der Waals surface area (Å²) in [6.45, 7) is 1.08. The smallest absolute Gasteiger partial charge is 0.214 e. The van der Waals surface area contributed by atoms with Gasteiger partial charge in [-0.25, -0.2) is 8.42 Å². The summed E-state index contributed by atoms with van der Waals surface area (Å²) in [5.41, 5.74) is 0. The highest BCUT2D eigenvalue weighted by Crippen LogP contribution is 2.39. The van der Waals surface area contributed by atoms with Crippen molar-refractivity contribution in [1.82, 2.24) is 14.6 Å². The van der Waals surface area contributed by atoms with Crippen molar-refractivity contribution in [2.24, 2.45) is 0 Å². The molecule has 1 N–H and O–H groups in total. The van der Waals surface area contributed by atoms with E-state index in [9.17, 15) is 8.42 Å². The molecule has 0 aromatic carbocycles. The minimum absolute atomic E-state index is 0. The van der Waals surface area contributed by atoms with Gasteiger partial charge in [-0.3, -0.25) is 4.98 Å². The van der Waals surface area contributed by atoms with E-state index in [0.717, 1.165) is 50.8 Å². The normalized spacial score (nSPS) is 29.7. The van der Waals surface area contributed by atoms with Crippen molar-refractivity contribution in [2.75, 3.05) is 12.3 Å². The molecule has 0 unspecified atom stereocenters. The summed E-state index contributed by atoms with van der Waals surface area (Å²) in [5, 5.41) is 3.45. The number of halogens is 2. The van der Waals surface area contributed by atoms with Crippen molar-refractivity contribution in [2.45, 2.75) is 75.6 Å². The largest absolute Gasteiger partial charge is 0.490 e. The van der Waals surface area contributed by atoms with Gasteiger partial charge < -0.3 is 10.1 Å². The van der Waals surface area contributed by atoms with E-state index in [4.69, 9.17) is 4.74 Å². The maximum atomic E-state index is 12.9. The Labute approximate surface area is 180 Å². The second kappa shape index (κ2) is 10.4. The Kier molecular flexibility index (Phi) is 8.82. The number of hydrogen-bond donors (Lipinski definition) is 1. The highest BCUT2D eigenvalue weighted by atomic mass is 35.5. The minimum atomic E-state index is -3.17. The number of fused-ring (bicyclic) bond motifs is 2. The van der Waals surface area contributed by atoms with Crippen LogP contribution in [0.1, 0.15) is 51.4 Å². The van der Waals surface area contributed by atoms with E-state index in [1.807, 2.05) is 16.4 Å². The summed E-state index contributed by atoms with van der Waals surface area (Å²) < 4.78 is 33.8. The molecule has 1 aromatic heterocycles. The van der Waals surface area contributed by atoms with E-state index in [1.165, 1.54) is 12.8 Å². The number of rotatable bonds is 7. The molecule has 9 heteroatoms. The summed E-state index contributed by atoms with van der Waals surface area (Å²) in [4.78, 5) is 4.01. The zero-order chi connectivity index (χ0) is 18.0. The molecule has 1 aromatic rings. The van der Waals surface area contributed by atoms with Gasteiger partial charge in [0.1, 0.15) is 11.9 Å². The first-order valence-electron chi connectivity index (χ1n) is 9.93. The molecule has 0 aliphatic carbocycles. The van der Waals surface area contributed by atoms with Crippen LogP contribution in [0.25, 0.3) is 0 Å². The van der Waals surface area contributed by atoms with Crippen molar-refractivity contribution in [1.29, 1.82) is 0 Å². The number of piperidine rings is 1. The number of ether oxygens (including phenoxy) is 1. The number of sulfonamides is 1. The maximum Gasteiger partial charge on any atom is 0.214 e. The van der Waals surface area contributed by atoms with E-state index < -0.39 is 10.0 Å². The Bertz CT molecular complexity index is 688. The van der Waals surface area contributed by atoms with Crippen LogP contribution in [0.2, 0.25) is 0 Å². The van der Waals surface area contributed by atoms with E-state index >= 15 is 0 Å². The first kappa shape index (κ1) is 23.7. The molecule has 2 bridgehead atoms. The fourth-order valence-electron chi connectivity index (χ4n) is 4.86. The van der Waals surface area contributed by atoms with E-state index in [2.05, 4.69) is 10.3 Å². The molecular formula is C19H31Cl2N3O3S. The van der Waals surface area contributed by atoms with Crippen molar-refractivity contribution < 1.29 is 13.2 Å². The number of hydrogen-bond acceptors (Lipinski definition) is 5. The van der Waals surface area contributed by atoms with E-state index in [-0.39, 0.29) is 48.8 Å². The maximum absolute atomic E-state index is 12.9. The Hall–Kier alpha value is -0.600. The van der Waals surface area contributed by atoms with Gasteiger partial charge in [0.15, 0.2) is 0 Å². The molecule has 0 saturated carbocycles. The van der Waals surface area contributed by atoms with Crippen LogP contribution in [0.15, 0.2) is 24.5 Å². The summed E-state index contributed by atoms with van der Waals surface area (Å²) in [6.07, 6.45) is 11.2. The van der Waals surface area contributed by atoms with Crippen LogP contribution in [-0.2, 0) is 10.0 Å². The molecule has 28 heavy (non-hydrogen) atoms. The second-order valence-corrected chi connectivity index (χ2v) is 9.85. The Morgan fingerprint density at radius 2 is 1.79 bits per heavy atom. The van der Waals surface area contributed by atoms with Gasteiger partial charge in [0.25, 0.3) is 0 Å². The molecule has 6 nitrogen and oxygen atoms in total. The average Bonchev–Trinajstić information content (AvgIpc) is 3.23. The van der Waals surface area contributed by atoms with Gasteiger partial charge in [-0.1, -0.05) is 0 Å². The summed E-state index contributed by atoms with van der Waals surface area (Å²) in [5.74, 6) is 1.11. The third-order valence-corrected chi connectivity index (χ3v) is 8.06. The molecule has 0 amide bonds. The fraction of sp³-hybridized carbons (Fsp3) is 0.737. The standard InChI is InChI=1S/C19H29N3O3S.2ClH/c23-26(24,12-2-4-15-3-1-9-21-15)22-16-5-6-17(22)14-19(13-16)25-18-7-10-20-11-8-18;;/h7-8,10-11,15-17,19,21H,1-6,9,12-14H2;2*1H/t15-,16-,17+,19+;;/m0../s1. The summed E-state index contributed by atoms with van der Waals surface area (Å²) in [6, 6.07) is 4.45. The van der Waals surface area contributed by atoms with E-state index in [0.29, 0.717) is 6.04 Å². The lowest BCUT2D eigenvalue weighted by Gasteiger charge is -2.38. The van der Waals surface area contributed by atoms with Crippen LogP contribution in [0.5, 0.6) is 5.75 Å². The van der Waals surface area contributed by atoms with Gasteiger partial charge in [0.05, 0.1) is 5.75 Å². The quantitative estimate of drug-likeness (QED) is 0.688. The lowest BCUT2D eigenvalue weighted by atomic mass is 10.0. The van der Waals surface area contributed by atoms with Crippen LogP contribution in [0.3, 0.4) is 0 Å². The first-order valence-corrected chi connectivity index (χ1v) is 11.5. The predicted octanol–water partition coefficient (Wildman–Crippen LogP) is 3.16. The SMILES string of the molecule is Cl.Cl.O=S(=O)(CCC[C@@H]1CCCN1)N1[C@@H]2CC[C@H]1C[C@@H](Oc1ccncc1)C2. The molecule has 160 valence electrons. The topological polar surface area (TPSA) is 71.5 Å². The average molecular weight is 452 g/mol. The first-order chi connectivity index (χ1) is 12.6. The van der Waals surface area contributed by atoms with Gasteiger partial charge in [-0.15, -0.1) is 24.8 Å². The summed E-state index contributed by atoms with van der Waals surface area (Å²) in [7, 11) is -3.17. The van der Waals surface area contributed by atoms with Gasteiger partial charge in [0.2, 0.25) is 10.0 Å². The van der Waals surface area contributed by atoms with Crippen LogP contribution in [-0.4, -0.2) is 54.2 Å².